The fraction of sp³-hybridized carbons (Fsp3) is 0.241. The number of nitrogens with one attached hydrogen (secondary N) is 1. The summed E-state index contributed by atoms with van der Waals surface area (Å²) in [5, 5.41) is 13.1. The van der Waals surface area contributed by atoms with Gasteiger partial charge in [0.2, 0.25) is 5.91 Å². The van der Waals surface area contributed by atoms with E-state index in [0.717, 1.165) is 4.90 Å². The Labute approximate surface area is 230 Å². The van der Waals surface area contributed by atoms with E-state index in [2.05, 4.69) is 15.3 Å². The van der Waals surface area contributed by atoms with Crippen LogP contribution in [0.3, 0.4) is 0 Å². The van der Waals surface area contributed by atoms with Crippen molar-refractivity contribution in [2.24, 2.45) is 4.99 Å². The topological polar surface area (TPSA) is 147 Å². The Morgan fingerprint density at radius 1 is 1.10 bits per heavy atom. The maximum Gasteiger partial charge on any atom is 0.416 e. The second-order valence-corrected chi connectivity index (χ2v) is 8.96. The Morgan fingerprint density at radius 2 is 1.82 bits per heavy atom. The van der Waals surface area contributed by atoms with Gasteiger partial charge in [-0.25, -0.2) is 14.5 Å². The first-order valence-corrected chi connectivity index (χ1v) is 12.5. The maximum atomic E-state index is 13.1. The smallest absolute Gasteiger partial charge is 0.416 e. The number of nitrogens with zero attached hydrogens (tertiary/aromatic N) is 3. The molecular formula is C29H28N4O7. The van der Waals surface area contributed by atoms with E-state index in [4.69, 9.17) is 9.47 Å². The normalized spacial score (nSPS) is 14.7. The molecule has 1 aliphatic heterocycles. The second-order valence-electron chi connectivity index (χ2n) is 8.96. The van der Waals surface area contributed by atoms with Crippen molar-refractivity contribution >= 4 is 35.3 Å². The summed E-state index contributed by atoms with van der Waals surface area (Å²) in [4.78, 5) is 60.0. The van der Waals surface area contributed by atoms with Gasteiger partial charge >= 0.3 is 12.1 Å². The van der Waals surface area contributed by atoms with Crippen molar-refractivity contribution in [1.29, 1.82) is 0 Å². The Bertz CT molecular complexity index is 1420. The number of hydrogen-bond acceptors (Lipinski definition) is 8. The number of aliphatic carboxylic acids is 1. The van der Waals surface area contributed by atoms with Gasteiger partial charge in [0, 0.05) is 29.8 Å². The minimum atomic E-state index is -1.39. The fourth-order valence-electron chi connectivity index (χ4n) is 4.37. The molecule has 2 aromatic carbocycles. The van der Waals surface area contributed by atoms with Crippen molar-refractivity contribution in [3.63, 3.8) is 0 Å². The molecule has 11 heteroatoms. The number of cyclic esters (lactones) is 1. The van der Waals surface area contributed by atoms with Crippen LogP contribution in [0.4, 0.5) is 10.5 Å². The van der Waals surface area contributed by atoms with E-state index < -0.39 is 35.8 Å². The molecule has 2 atom stereocenters. The quantitative estimate of drug-likeness (QED) is 0.367. The van der Waals surface area contributed by atoms with Crippen molar-refractivity contribution < 1.29 is 33.8 Å². The number of aromatic nitrogens is 1. The number of pyridine rings is 1. The van der Waals surface area contributed by atoms with Crippen molar-refractivity contribution in [2.75, 3.05) is 25.6 Å². The van der Waals surface area contributed by atoms with Gasteiger partial charge in [-0.2, -0.15) is 0 Å². The standard InChI is InChI=1S/C29H28N4O7/c1-18(21-7-3-4-8-23(21)32-27(35)24-9-5-6-14-30-24)31-26(28(36)37)22(19-10-12-20(39-2)13-11-19)17-25(34)33-15-16-40-29(33)38/h3-14,22,26H,15-17H2,1-2H3,(H,32,35)(H,36,37)/t22-,26+/m0/s1. The van der Waals surface area contributed by atoms with E-state index in [-0.39, 0.29) is 25.3 Å². The molecule has 1 aliphatic rings. The Kier molecular flexibility index (Phi) is 8.85. The first-order valence-electron chi connectivity index (χ1n) is 12.5. The highest BCUT2D eigenvalue weighted by atomic mass is 16.6. The van der Waals surface area contributed by atoms with Crippen LogP contribution in [0, 0.1) is 0 Å². The lowest BCUT2D eigenvalue weighted by Gasteiger charge is -2.24. The van der Waals surface area contributed by atoms with Crippen LogP contribution >= 0.6 is 0 Å². The molecule has 11 nitrogen and oxygen atoms in total. The van der Waals surface area contributed by atoms with E-state index in [1.54, 1.807) is 73.7 Å². The molecule has 2 heterocycles. The van der Waals surface area contributed by atoms with E-state index in [1.807, 2.05) is 0 Å². The zero-order valence-electron chi connectivity index (χ0n) is 21.9. The number of carboxylic acids is 1. The van der Waals surface area contributed by atoms with Crippen LogP contribution in [-0.2, 0) is 14.3 Å². The number of carbonyl (C=O) groups is 4. The van der Waals surface area contributed by atoms with E-state index in [9.17, 15) is 24.3 Å². The molecule has 0 bridgehead atoms. The number of benzene rings is 2. The molecule has 206 valence electrons. The summed E-state index contributed by atoms with van der Waals surface area (Å²) >= 11 is 0. The third kappa shape index (κ3) is 6.49. The second kappa shape index (κ2) is 12.7. The van der Waals surface area contributed by atoms with Crippen LogP contribution in [0.5, 0.6) is 5.75 Å². The van der Waals surface area contributed by atoms with Crippen molar-refractivity contribution in [1.82, 2.24) is 9.88 Å². The van der Waals surface area contributed by atoms with Crippen molar-refractivity contribution in [2.45, 2.75) is 25.3 Å². The van der Waals surface area contributed by atoms with Crippen LogP contribution in [0.1, 0.15) is 40.9 Å². The van der Waals surface area contributed by atoms with Crippen LogP contribution in [0.15, 0.2) is 77.9 Å². The SMILES string of the molecule is COc1ccc([C@H](CC(=O)N2CCOC2=O)[C@@H](N=C(C)c2ccccc2NC(=O)c2ccccn2)C(=O)O)cc1. The highest BCUT2D eigenvalue weighted by Crippen LogP contribution is 2.30. The van der Waals surface area contributed by atoms with Crippen LogP contribution in [-0.4, -0.2) is 70.9 Å². The number of carboxylic acid groups (broad SMARTS) is 1. The molecule has 3 amide bonds. The number of anilines is 1. The Hall–Kier alpha value is -5.06. The number of methoxy groups -OCH3 is 1. The molecule has 1 fully saturated rings. The number of aliphatic imine (C=N–C) groups is 1. The number of carbonyl (C=O) groups excluding carboxylic acids is 3. The van der Waals surface area contributed by atoms with E-state index >= 15 is 0 Å². The summed E-state index contributed by atoms with van der Waals surface area (Å²) in [7, 11) is 1.51. The van der Waals surface area contributed by atoms with Gasteiger partial charge in [0.05, 0.1) is 19.3 Å². The van der Waals surface area contributed by atoms with Gasteiger partial charge < -0.3 is 19.9 Å². The number of rotatable bonds is 10. The summed E-state index contributed by atoms with van der Waals surface area (Å²) in [5.41, 5.74) is 1.99. The van der Waals surface area contributed by atoms with Gasteiger partial charge in [0.15, 0.2) is 6.04 Å². The van der Waals surface area contributed by atoms with E-state index in [1.165, 1.54) is 13.3 Å². The lowest BCUT2D eigenvalue weighted by atomic mass is 9.87. The predicted molar refractivity (Wildman–Crippen MR) is 146 cm³/mol. The van der Waals surface area contributed by atoms with Gasteiger partial charge in [-0.1, -0.05) is 36.4 Å². The molecule has 4 rings (SSSR count). The zero-order chi connectivity index (χ0) is 28.6. The number of ether oxygens (including phenoxy) is 2. The Morgan fingerprint density at radius 3 is 2.45 bits per heavy atom. The molecule has 1 aromatic heterocycles. The van der Waals surface area contributed by atoms with Gasteiger partial charge in [0.1, 0.15) is 18.1 Å². The fourth-order valence-corrected chi connectivity index (χ4v) is 4.37. The average molecular weight is 545 g/mol. The lowest BCUT2D eigenvalue weighted by molar-refractivity contribution is -0.139. The zero-order valence-corrected chi connectivity index (χ0v) is 21.9. The third-order valence-corrected chi connectivity index (χ3v) is 6.43. The predicted octanol–water partition coefficient (Wildman–Crippen LogP) is 3.76. The van der Waals surface area contributed by atoms with Crippen LogP contribution < -0.4 is 10.1 Å². The molecule has 3 aromatic rings. The monoisotopic (exact) mass is 544 g/mol. The molecule has 0 unspecified atom stereocenters. The van der Waals surface area contributed by atoms with Gasteiger partial charge in [-0.3, -0.25) is 19.6 Å². The van der Waals surface area contributed by atoms with Gasteiger partial charge in [-0.15, -0.1) is 0 Å². The minimum absolute atomic E-state index is 0.0817. The van der Waals surface area contributed by atoms with Crippen LogP contribution in [0.25, 0.3) is 0 Å². The first-order chi connectivity index (χ1) is 19.3. The minimum Gasteiger partial charge on any atom is -0.497 e. The average Bonchev–Trinajstić information content (AvgIpc) is 3.41. The number of imide groups is 1. The number of amides is 3. The van der Waals surface area contributed by atoms with Gasteiger partial charge in [-0.05, 0) is 42.8 Å². The van der Waals surface area contributed by atoms with E-state index in [0.29, 0.717) is 28.3 Å². The number of hydrogen-bond donors (Lipinski definition) is 2. The molecule has 0 aliphatic carbocycles. The first kappa shape index (κ1) is 28.0. The summed E-state index contributed by atoms with van der Waals surface area (Å²) in [6.07, 6.45) is 0.448. The van der Waals surface area contributed by atoms with Crippen molar-refractivity contribution in [3.05, 3.63) is 89.7 Å². The summed E-state index contributed by atoms with van der Waals surface area (Å²) in [5.74, 6) is -2.62. The summed E-state index contributed by atoms with van der Waals surface area (Å²) in [6.45, 7) is 1.81. The molecule has 2 N–H and O–H groups in total. The molecule has 0 radical (unpaired) electrons. The molecule has 1 saturated heterocycles. The molecular weight excluding hydrogens is 516 g/mol. The van der Waals surface area contributed by atoms with Crippen molar-refractivity contribution in [3.8, 4) is 5.75 Å². The number of para-hydroxylation sites is 1. The molecule has 40 heavy (non-hydrogen) atoms. The highest BCUT2D eigenvalue weighted by molar-refractivity contribution is 6.10. The summed E-state index contributed by atoms with van der Waals surface area (Å²) < 4.78 is 10.1. The maximum absolute atomic E-state index is 13.1. The van der Waals surface area contributed by atoms with Gasteiger partial charge in [0.25, 0.3) is 5.91 Å². The highest BCUT2D eigenvalue weighted by Gasteiger charge is 2.36. The Balaban J connectivity index is 1.68. The largest absolute Gasteiger partial charge is 0.497 e. The summed E-state index contributed by atoms with van der Waals surface area (Å²) in [6, 6.07) is 17.1. The molecule has 0 spiro atoms. The third-order valence-electron chi connectivity index (χ3n) is 6.43. The lowest BCUT2D eigenvalue weighted by Crippen LogP contribution is -2.36. The van der Waals surface area contributed by atoms with Crippen LogP contribution in [0.2, 0.25) is 0 Å². The molecule has 0 saturated carbocycles.